The molecule has 1 saturated carbocycles. The molecule has 1 unspecified atom stereocenters. The SMILES string of the molecule is C=C1CC(C(=O)OCC)/C1=C/CCO[Si](C)(C)C(C)(C)C. The molecule has 21 heavy (non-hydrogen) atoms. The zero-order valence-electron chi connectivity index (χ0n) is 14.4. The highest BCUT2D eigenvalue weighted by Crippen LogP contribution is 2.39. The molecule has 0 saturated heterocycles. The molecule has 3 nitrogen and oxygen atoms in total. The molecular formula is C17H30O3Si. The lowest BCUT2D eigenvalue weighted by Crippen LogP contribution is -2.40. The molecule has 1 aliphatic carbocycles. The minimum atomic E-state index is -1.68. The second kappa shape index (κ2) is 6.92. The summed E-state index contributed by atoms with van der Waals surface area (Å²) in [4.78, 5) is 11.8. The molecule has 0 aromatic carbocycles. The van der Waals surface area contributed by atoms with E-state index in [4.69, 9.17) is 9.16 Å². The molecule has 1 rings (SSSR count). The third-order valence-electron chi connectivity index (χ3n) is 4.56. The van der Waals surface area contributed by atoms with Crippen LogP contribution in [0.5, 0.6) is 0 Å². The number of carbonyl (C=O) groups excluding carboxylic acids is 1. The lowest BCUT2D eigenvalue weighted by Gasteiger charge is -2.36. The highest BCUT2D eigenvalue weighted by Gasteiger charge is 2.37. The molecule has 0 amide bonds. The Balaban J connectivity index is 2.49. The van der Waals surface area contributed by atoms with E-state index in [-0.39, 0.29) is 16.9 Å². The Kier molecular flexibility index (Phi) is 5.99. The molecule has 0 aliphatic heterocycles. The summed E-state index contributed by atoms with van der Waals surface area (Å²) in [5, 5.41) is 0.230. The molecule has 0 radical (unpaired) electrons. The Morgan fingerprint density at radius 1 is 1.43 bits per heavy atom. The van der Waals surface area contributed by atoms with Gasteiger partial charge in [0.2, 0.25) is 0 Å². The van der Waals surface area contributed by atoms with Crippen LogP contribution in [0.25, 0.3) is 0 Å². The van der Waals surface area contributed by atoms with Crippen molar-refractivity contribution in [2.45, 2.75) is 58.7 Å². The molecule has 0 aromatic heterocycles. The molecule has 0 spiro atoms. The summed E-state index contributed by atoms with van der Waals surface area (Å²) in [5.41, 5.74) is 2.10. The first-order chi connectivity index (χ1) is 9.60. The molecule has 120 valence electrons. The van der Waals surface area contributed by atoms with Crippen molar-refractivity contribution in [2.75, 3.05) is 13.2 Å². The van der Waals surface area contributed by atoms with E-state index in [0.717, 1.165) is 24.0 Å². The lowest BCUT2D eigenvalue weighted by molar-refractivity contribution is -0.147. The Hall–Kier alpha value is -0.873. The maximum Gasteiger partial charge on any atom is 0.313 e. The average molecular weight is 311 g/mol. The fourth-order valence-electron chi connectivity index (χ4n) is 2.07. The highest BCUT2D eigenvalue weighted by atomic mass is 28.4. The van der Waals surface area contributed by atoms with Gasteiger partial charge in [-0.2, -0.15) is 0 Å². The van der Waals surface area contributed by atoms with Crippen LogP contribution in [0.4, 0.5) is 0 Å². The monoisotopic (exact) mass is 310 g/mol. The zero-order valence-corrected chi connectivity index (χ0v) is 15.4. The van der Waals surface area contributed by atoms with Crippen molar-refractivity contribution in [1.29, 1.82) is 0 Å². The largest absolute Gasteiger partial charge is 0.466 e. The predicted molar refractivity (Wildman–Crippen MR) is 89.7 cm³/mol. The standard InChI is InChI=1S/C17H30O3Si/c1-8-19-16(18)15-12-13(2)14(15)10-9-11-20-21(6,7)17(3,4)5/h10,15H,2,8-9,11-12H2,1,3-7H3/b14-10+. The Morgan fingerprint density at radius 2 is 2.05 bits per heavy atom. The van der Waals surface area contributed by atoms with Crippen LogP contribution < -0.4 is 0 Å². The minimum Gasteiger partial charge on any atom is -0.466 e. The van der Waals surface area contributed by atoms with Crippen LogP contribution in [0, 0.1) is 5.92 Å². The van der Waals surface area contributed by atoms with Crippen LogP contribution in [0.2, 0.25) is 18.1 Å². The summed E-state index contributed by atoms with van der Waals surface area (Å²) < 4.78 is 11.2. The van der Waals surface area contributed by atoms with E-state index in [2.05, 4.69) is 46.5 Å². The molecule has 0 N–H and O–H groups in total. The van der Waals surface area contributed by atoms with E-state index in [0.29, 0.717) is 13.2 Å². The van der Waals surface area contributed by atoms with E-state index in [1.54, 1.807) is 0 Å². The third kappa shape index (κ3) is 4.55. The second-order valence-electron chi connectivity index (χ2n) is 7.17. The van der Waals surface area contributed by atoms with Gasteiger partial charge in [-0.3, -0.25) is 4.79 Å². The number of hydrogen-bond donors (Lipinski definition) is 0. The van der Waals surface area contributed by atoms with E-state index < -0.39 is 8.32 Å². The Morgan fingerprint density at radius 3 is 2.52 bits per heavy atom. The van der Waals surface area contributed by atoms with Gasteiger partial charge in [-0.15, -0.1) is 0 Å². The number of allylic oxidation sites excluding steroid dienone is 1. The molecular weight excluding hydrogens is 280 g/mol. The summed E-state index contributed by atoms with van der Waals surface area (Å²) in [6, 6.07) is 0. The number of hydrogen-bond acceptors (Lipinski definition) is 3. The first-order valence-electron chi connectivity index (χ1n) is 7.79. The van der Waals surface area contributed by atoms with Crippen LogP contribution in [-0.4, -0.2) is 27.5 Å². The average Bonchev–Trinajstić information content (AvgIpc) is 2.34. The van der Waals surface area contributed by atoms with Gasteiger partial charge in [0.25, 0.3) is 0 Å². The van der Waals surface area contributed by atoms with Gasteiger partial charge in [-0.25, -0.2) is 0 Å². The molecule has 0 heterocycles. The maximum atomic E-state index is 11.8. The van der Waals surface area contributed by atoms with Crippen molar-refractivity contribution in [2.24, 2.45) is 5.92 Å². The molecule has 1 atom stereocenters. The van der Waals surface area contributed by atoms with E-state index >= 15 is 0 Å². The van der Waals surface area contributed by atoms with Crippen molar-refractivity contribution in [3.63, 3.8) is 0 Å². The van der Waals surface area contributed by atoms with Gasteiger partial charge in [0.05, 0.1) is 12.5 Å². The van der Waals surface area contributed by atoms with Gasteiger partial charge in [0.1, 0.15) is 0 Å². The van der Waals surface area contributed by atoms with E-state index in [9.17, 15) is 4.79 Å². The third-order valence-corrected chi connectivity index (χ3v) is 9.09. The molecule has 1 aliphatic rings. The summed E-state index contributed by atoms with van der Waals surface area (Å²) >= 11 is 0. The minimum absolute atomic E-state index is 0.106. The van der Waals surface area contributed by atoms with Crippen LogP contribution in [0.1, 0.15) is 40.5 Å². The normalized spacial score (nSPS) is 21.3. The summed E-state index contributed by atoms with van der Waals surface area (Å²) in [6.45, 7) is 18.2. The van der Waals surface area contributed by atoms with Gasteiger partial charge in [-0.1, -0.05) is 39.0 Å². The van der Waals surface area contributed by atoms with Gasteiger partial charge < -0.3 is 9.16 Å². The van der Waals surface area contributed by atoms with Gasteiger partial charge >= 0.3 is 5.97 Å². The molecule has 4 heteroatoms. The van der Waals surface area contributed by atoms with Crippen molar-refractivity contribution in [1.82, 2.24) is 0 Å². The van der Waals surface area contributed by atoms with Crippen molar-refractivity contribution in [3.05, 3.63) is 23.8 Å². The molecule has 0 aromatic rings. The first-order valence-corrected chi connectivity index (χ1v) is 10.7. The smallest absolute Gasteiger partial charge is 0.313 e. The van der Waals surface area contributed by atoms with Crippen LogP contribution in [0.15, 0.2) is 23.8 Å². The van der Waals surface area contributed by atoms with Crippen LogP contribution >= 0.6 is 0 Å². The van der Waals surface area contributed by atoms with Crippen molar-refractivity contribution < 1.29 is 14.0 Å². The van der Waals surface area contributed by atoms with Crippen LogP contribution in [0.3, 0.4) is 0 Å². The van der Waals surface area contributed by atoms with Crippen LogP contribution in [-0.2, 0) is 14.0 Å². The number of ether oxygens (including phenoxy) is 1. The van der Waals surface area contributed by atoms with E-state index in [1.807, 2.05) is 6.92 Å². The number of rotatable bonds is 6. The second-order valence-corrected chi connectivity index (χ2v) is 12.0. The fourth-order valence-corrected chi connectivity index (χ4v) is 3.14. The Labute approximate surface area is 130 Å². The highest BCUT2D eigenvalue weighted by molar-refractivity contribution is 6.74. The predicted octanol–water partition coefficient (Wildman–Crippen LogP) is 4.46. The Bertz CT molecular complexity index is 430. The molecule has 0 bridgehead atoms. The van der Waals surface area contributed by atoms with Gasteiger partial charge in [0.15, 0.2) is 8.32 Å². The molecule has 1 fully saturated rings. The summed E-state index contributed by atoms with van der Waals surface area (Å²) in [5.74, 6) is -0.230. The summed E-state index contributed by atoms with van der Waals surface area (Å²) in [7, 11) is -1.68. The summed E-state index contributed by atoms with van der Waals surface area (Å²) in [6.07, 6.45) is 3.66. The zero-order chi connectivity index (χ0) is 16.3. The number of carbonyl (C=O) groups is 1. The topological polar surface area (TPSA) is 35.5 Å². The van der Waals surface area contributed by atoms with Gasteiger partial charge in [-0.05, 0) is 43.5 Å². The first kappa shape index (κ1) is 18.2. The van der Waals surface area contributed by atoms with Crippen molar-refractivity contribution in [3.8, 4) is 0 Å². The maximum absolute atomic E-state index is 11.8. The van der Waals surface area contributed by atoms with Crippen molar-refractivity contribution >= 4 is 14.3 Å². The van der Waals surface area contributed by atoms with Gasteiger partial charge in [0, 0.05) is 6.61 Å². The lowest BCUT2D eigenvalue weighted by atomic mass is 9.75. The fraction of sp³-hybridized carbons (Fsp3) is 0.706. The van der Waals surface area contributed by atoms with E-state index in [1.165, 1.54) is 0 Å². The number of esters is 1. The quantitative estimate of drug-likeness (QED) is 0.413.